The van der Waals surface area contributed by atoms with Crippen molar-refractivity contribution >= 4 is 22.5 Å². The zero-order chi connectivity index (χ0) is 15.4. The highest BCUT2D eigenvalue weighted by atomic mass is 16.2. The molecular formula is C16H18N4O. The highest BCUT2D eigenvalue weighted by molar-refractivity contribution is 6.09. The number of rotatable bonds is 4. The van der Waals surface area contributed by atoms with E-state index in [0.717, 1.165) is 16.6 Å². The van der Waals surface area contributed by atoms with Crippen molar-refractivity contribution in [3.63, 3.8) is 0 Å². The standard InChI is InChI=1S/C16H18N4O/c1-11(8-9-17)20(3)16(21)14-10-19-15(18-2)13-7-5-4-6-12(13)14/h4-7,10-11H,8H2,1-3H3,(H,18,19). The number of nitriles is 1. The lowest BCUT2D eigenvalue weighted by atomic mass is 10.1. The van der Waals surface area contributed by atoms with E-state index in [1.165, 1.54) is 0 Å². The quantitative estimate of drug-likeness (QED) is 0.936. The predicted molar refractivity (Wildman–Crippen MR) is 83.1 cm³/mol. The third-order valence-corrected chi connectivity index (χ3v) is 3.63. The molecule has 0 saturated carbocycles. The Morgan fingerprint density at radius 1 is 1.43 bits per heavy atom. The van der Waals surface area contributed by atoms with Crippen LogP contribution in [0, 0.1) is 11.3 Å². The smallest absolute Gasteiger partial charge is 0.256 e. The molecule has 5 nitrogen and oxygen atoms in total. The van der Waals surface area contributed by atoms with Crippen LogP contribution in [0.25, 0.3) is 10.8 Å². The molecule has 2 rings (SSSR count). The minimum Gasteiger partial charge on any atom is -0.373 e. The molecule has 0 bridgehead atoms. The van der Waals surface area contributed by atoms with Gasteiger partial charge < -0.3 is 10.2 Å². The molecule has 1 unspecified atom stereocenters. The van der Waals surface area contributed by atoms with Gasteiger partial charge in [0, 0.05) is 31.7 Å². The van der Waals surface area contributed by atoms with Gasteiger partial charge in [-0.2, -0.15) is 5.26 Å². The molecule has 0 aliphatic carbocycles. The van der Waals surface area contributed by atoms with Crippen LogP contribution >= 0.6 is 0 Å². The van der Waals surface area contributed by atoms with Gasteiger partial charge in [0.05, 0.1) is 18.1 Å². The van der Waals surface area contributed by atoms with Crippen molar-refractivity contribution in [2.24, 2.45) is 0 Å². The number of carbonyl (C=O) groups is 1. The van der Waals surface area contributed by atoms with E-state index in [1.54, 1.807) is 25.2 Å². The average molecular weight is 282 g/mol. The lowest BCUT2D eigenvalue weighted by molar-refractivity contribution is 0.0748. The predicted octanol–water partition coefficient (Wildman–Crippen LogP) is 2.65. The SMILES string of the molecule is CNc1ncc(C(=O)N(C)C(C)CC#N)c2ccccc12. The van der Waals surface area contributed by atoms with Crippen molar-refractivity contribution in [2.75, 3.05) is 19.4 Å². The minimum atomic E-state index is -0.134. The first-order valence-electron chi connectivity index (χ1n) is 6.79. The second-order valence-electron chi connectivity index (χ2n) is 4.94. The third-order valence-electron chi connectivity index (χ3n) is 3.63. The number of nitrogens with zero attached hydrogens (tertiary/aromatic N) is 3. The number of anilines is 1. The first-order valence-corrected chi connectivity index (χ1v) is 6.79. The van der Waals surface area contributed by atoms with Crippen molar-refractivity contribution in [3.05, 3.63) is 36.0 Å². The maximum absolute atomic E-state index is 12.6. The van der Waals surface area contributed by atoms with E-state index in [9.17, 15) is 4.79 Å². The van der Waals surface area contributed by atoms with Crippen LogP contribution in [0.1, 0.15) is 23.7 Å². The van der Waals surface area contributed by atoms with E-state index in [2.05, 4.69) is 16.4 Å². The van der Waals surface area contributed by atoms with Gasteiger partial charge in [0.25, 0.3) is 5.91 Å². The largest absolute Gasteiger partial charge is 0.373 e. The molecule has 1 aromatic carbocycles. The van der Waals surface area contributed by atoms with Gasteiger partial charge in [-0.3, -0.25) is 4.79 Å². The number of benzene rings is 1. The normalized spacial score (nSPS) is 11.7. The molecule has 108 valence electrons. The molecule has 1 N–H and O–H groups in total. The summed E-state index contributed by atoms with van der Waals surface area (Å²) in [5.41, 5.74) is 0.553. The Labute approximate surface area is 124 Å². The Morgan fingerprint density at radius 3 is 2.71 bits per heavy atom. The van der Waals surface area contributed by atoms with Crippen LogP contribution in [0.15, 0.2) is 30.5 Å². The maximum Gasteiger partial charge on any atom is 0.256 e. The monoisotopic (exact) mass is 282 g/mol. The summed E-state index contributed by atoms with van der Waals surface area (Å²) >= 11 is 0. The Balaban J connectivity index is 2.48. The average Bonchev–Trinajstić information content (AvgIpc) is 2.52. The maximum atomic E-state index is 12.6. The molecule has 0 aliphatic rings. The van der Waals surface area contributed by atoms with Gasteiger partial charge in [0.1, 0.15) is 5.82 Å². The van der Waals surface area contributed by atoms with Gasteiger partial charge in [-0.1, -0.05) is 24.3 Å². The molecular weight excluding hydrogens is 264 g/mol. The summed E-state index contributed by atoms with van der Waals surface area (Å²) in [7, 11) is 3.52. The van der Waals surface area contributed by atoms with E-state index in [0.29, 0.717) is 12.0 Å². The number of carbonyl (C=O) groups excluding carboxylic acids is 1. The molecule has 1 atom stereocenters. The molecule has 0 saturated heterocycles. The zero-order valence-electron chi connectivity index (χ0n) is 12.4. The van der Waals surface area contributed by atoms with E-state index >= 15 is 0 Å². The zero-order valence-corrected chi connectivity index (χ0v) is 12.4. The number of nitrogens with one attached hydrogen (secondary N) is 1. The molecule has 1 amide bonds. The summed E-state index contributed by atoms with van der Waals surface area (Å²) in [4.78, 5) is 18.5. The fraction of sp³-hybridized carbons (Fsp3) is 0.312. The van der Waals surface area contributed by atoms with Crippen molar-refractivity contribution in [3.8, 4) is 6.07 Å². The Hall–Kier alpha value is -2.61. The molecule has 2 aromatic rings. The van der Waals surface area contributed by atoms with Crippen LogP contribution < -0.4 is 5.32 Å². The Morgan fingerprint density at radius 2 is 2.10 bits per heavy atom. The number of fused-ring (bicyclic) bond motifs is 1. The van der Waals surface area contributed by atoms with Crippen molar-refractivity contribution in [2.45, 2.75) is 19.4 Å². The van der Waals surface area contributed by atoms with Gasteiger partial charge in [-0.15, -0.1) is 0 Å². The number of amides is 1. The molecule has 1 aromatic heterocycles. The highest BCUT2D eigenvalue weighted by Gasteiger charge is 2.20. The van der Waals surface area contributed by atoms with E-state index in [1.807, 2.05) is 31.2 Å². The second kappa shape index (κ2) is 6.23. The summed E-state index contributed by atoms with van der Waals surface area (Å²) in [5, 5.41) is 13.6. The topological polar surface area (TPSA) is 69.0 Å². The lowest BCUT2D eigenvalue weighted by Crippen LogP contribution is -2.35. The van der Waals surface area contributed by atoms with E-state index < -0.39 is 0 Å². The van der Waals surface area contributed by atoms with Crippen LogP contribution in [0.3, 0.4) is 0 Å². The van der Waals surface area contributed by atoms with Gasteiger partial charge >= 0.3 is 0 Å². The van der Waals surface area contributed by atoms with Crippen molar-refractivity contribution in [1.29, 1.82) is 5.26 Å². The minimum absolute atomic E-state index is 0.121. The fourth-order valence-corrected chi connectivity index (χ4v) is 2.22. The molecule has 5 heteroatoms. The van der Waals surface area contributed by atoms with Gasteiger partial charge in [-0.05, 0) is 12.3 Å². The summed E-state index contributed by atoms with van der Waals surface area (Å²) in [5.74, 6) is 0.624. The number of aromatic nitrogens is 1. The number of hydrogen-bond donors (Lipinski definition) is 1. The Bertz CT molecular complexity index is 705. The van der Waals surface area contributed by atoms with E-state index in [4.69, 9.17) is 5.26 Å². The first kappa shape index (κ1) is 14.8. The highest BCUT2D eigenvalue weighted by Crippen LogP contribution is 2.25. The lowest BCUT2D eigenvalue weighted by Gasteiger charge is -2.23. The third kappa shape index (κ3) is 2.79. The second-order valence-corrected chi connectivity index (χ2v) is 4.94. The fourth-order valence-electron chi connectivity index (χ4n) is 2.22. The van der Waals surface area contributed by atoms with Crippen LogP contribution in [-0.2, 0) is 0 Å². The van der Waals surface area contributed by atoms with Crippen LogP contribution in [0.2, 0.25) is 0 Å². The number of pyridine rings is 1. The molecule has 0 radical (unpaired) electrons. The van der Waals surface area contributed by atoms with E-state index in [-0.39, 0.29) is 11.9 Å². The summed E-state index contributed by atoms with van der Waals surface area (Å²) in [6.45, 7) is 1.86. The van der Waals surface area contributed by atoms with Crippen molar-refractivity contribution < 1.29 is 4.79 Å². The van der Waals surface area contributed by atoms with Crippen LogP contribution in [-0.4, -0.2) is 35.9 Å². The molecule has 21 heavy (non-hydrogen) atoms. The van der Waals surface area contributed by atoms with Gasteiger partial charge in [0.15, 0.2) is 0 Å². The number of hydrogen-bond acceptors (Lipinski definition) is 4. The van der Waals surface area contributed by atoms with Crippen LogP contribution in [0.4, 0.5) is 5.82 Å². The van der Waals surface area contributed by atoms with Crippen LogP contribution in [0.5, 0.6) is 0 Å². The molecule has 1 heterocycles. The Kier molecular flexibility index (Phi) is 4.39. The summed E-state index contributed by atoms with van der Waals surface area (Å²) < 4.78 is 0. The summed E-state index contributed by atoms with van der Waals surface area (Å²) in [6, 6.07) is 9.62. The molecule has 0 aliphatic heterocycles. The molecule has 0 fully saturated rings. The first-order chi connectivity index (χ1) is 10.1. The summed E-state index contributed by atoms with van der Waals surface area (Å²) in [6.07, 6.45) is 1.90. The van der Waals surface area contributed by atoms with Crippen molar-refractivity contribution in [1.82, 2.24) is 9.88 Å². The van der Waals surface area contributed by atoms with Gasteiger partial charge in [0.2, 0.25) is 0 Å². The molecule has 0 spiro atoms. The van der Waals surface area contributed by atoms with Gasteiger partial charge in [-0.25, -0.2) is 4.98 Å².